The van der Waals surface area contributed by atoms with Crippen LogP contribution in [-0.4, -0.2) is 27.2 Å². The summed E-state index contributed by atoms with van der Waals surface area (Å²) >= 11 is 0. The van der Waals surface area contributed by atoms with Gasteiger partial charge in [-0.15, -0.1) is 0 Å². The lowest BCUT2D eigenvalue weighted by Crippen LogP contribution is -2.26. The van der Waals surface area contributed by atoms with Crippen molar-refractivity contribution in [2.75, 3.05) is 12.9 Å². The zero-order valence-corrected chi connectivity index (χ0v) is 16.2. The largest absolute Gasteiger partial charge is 0.494 e. The van der Waals surface area contributed by atoms with E-state index in [0.29, 0.717) is 19.4 Å². The third-order valence-electron chi connectivity index (χ3n) is 4.08. The SMILES string of the molecule is CCOc1ccccc1CCC(=O)NC(C)c1ccc(S(C)(=O)=O)cc1. The van der Waals surface area contributed by atoms with E-state index in [0.717, 1.165) is 16.9 Å². The summed E-state index contributed by atoms with van der Waals surface area (Å²) < 4.78 is 28.6. The lowest BCUT2D eigenvalue weighted by atomic mass is 10.1. The van der Waals surface area contributed by atoms with Gasteiger partial charge in [-0.1, -0.05) is 30.3 Å². The first kappa shape index (κ1) is 20.0. The van der Waals surface area contributed by atoms with Crippen molar-refractivity contribution in [3.05, 3.63) is 59.7 Å². The lowest BCUT2D eigenvalue weighted by molar-refractivity contribution is -0.121. The third-order valence-corrected chi connectivity index (χ3v) is 5.21. The van der Waals surface area contributed by atoms with Crippen LogP contribution in [0.3, 0.4) is 0 Å². The van der Waals surface area contributed by atoms with Gasteiger partial charge in [0.05, 0.1) is 17.5 Å². The molecule has 0 aliphatic heterocycles. The molecule has 1 unspecified atom stereocenters. The molecule has 0 saturated carbocycles. The molecule has 1 amide bonds. The molecule has 0 saturated heterocycles. The van der Waals surface area contributed by atoms with Crippen LogP contribution in [0.4, 0.5) is 0 Å². The van der Waals surface area contributed by atoms with Gasteiger partial charge in [0.1, 0.15) is 5.75 Å². The number of carbonyl (C=O) groups excluding carboxylic acids is 1. The maximum atomic E-state index is 12.2. The Morgan fingerprint density at radius 1 is 1.12 bits per heavy atom. The Labute approximate surface area is 155 Å². The molecule has 1 N–H and O–H groups in total. The fourth-order valence-electron chi connectivity index (χ4n) is 2.66. The van der Waals surface area contributed by atoms with Crippen LogP contribution in [0.2, 0.25) is 0 Å². The fourth-order valence-corrected chi connectivity index (χ4v) is 3.29. The zero-order valence-electron chi connectivity index (χ0n) is 15.4. The fraction of sp³-hybridized carbons (Fsp3) is 0.350. The van der Waals surface area contributed by atoms with Crippen molar-refractivity contribution in [1.29, 1.82) is 0 Å². The van der Waals surface area contributed by atoms with Crippen molar-refractivity contribution in [1.82, 2.24) is 5.32 Å². The molecule has 2 aromatic carbocycles. The molecule has 6 heteroatoms. The predicted molar refractivity (Wildman–Crippen MR) is 102 cm³/mol. The van der Waals surface area contributed by atoms with Crippen LogP contribution in [0, 0.1) is 0 Å². The predicted octanol–water partition coefficient (Wildman–Crippen LogP) is 3.30. The van der Waals surface area contributed by atoms with Crippen molar-refractivity contribution in [2.24, 2.45) is 0 Å². The lowest BCUT2D eigenvalue weighted by Gasteiger charge is -2.15. The maximum Gasteiger partial charge on any atom is 0.220 e. The average molecular weight is 375 g/mol. The minimum atomic E-state index is -3.22. The monoisotopic (exact) mass is 375 g/mol. The highest BCUT2D eigenvalue weighted by Gasteiger charge is 2.13. The Morgan fingerprint density at radius 2 is 1.77 bits per heavy atom. The van der Waals surface area contributed by atoms with Crippen molar-refractivity contribution in [3.63, 3.8) is 0 Å². The van der Waals surface area contributed by atoms with Gasteiger partial charge in [0, 0.05) is 12.7 Å². The number of amides is 1. The van der Waals surface area contributed by atoms with Gasteiger partial charge in [-0.2, -0.15) is 0 Å². The third kappa shape index (κ3) is 5.59. The van der Waals surface area contributed by atoms with Gasteiger partial charge in [0.15, 0.2) is 9.84 Å². The van der Waals surface area contributed by atoms with E-state index in [2.05, 4.69) is 5.32 Å². The molecular weight excluding hydrogens is 350 g/mol. The van der Waals surface area contributed by atoms with Crippen LogP contribution in [0.5, 0.6) is 5.75 Å². The molecule has 140 valence electrons. The summed E-state index contributed by atoms with van der Waals surface area (Å²) in [7, 11) is -3.22. The second kappa shape index (κ2) is 8.85. The Morgan fingerprint density at radius 3 is 2.38 bits per heavy atom. The number of benzene rings is 2. The first-order valence-electron chi connectivity index (χ1n) is 8.61. The van der Waals surface area contributed by atoms with Crippen molar-refractivity contribution in [2.45, 2.75) is 37.6 Å². The Bertz CT molecular complexity index is 844. The summed E-state index contributed by atoms with van der Waals surface area (Å²) in [5, 5.41) is 2.95. The molecule has 1 atom stereocenters. The average Bonchev–Trinajstić information content (AvgIpc) is 2.60. The highest BCUT2D eigenvalue weighted by atomic mass is 32.2. The first-order chi connectivity index (χ1) is 12.3. The van der Waals surface area contributed by atoms with Crippen molar-refractivity contribution in [3.8, 4) is 5.75 Å². The van der Waals surface area contributed by atoms with E-state index in [9.17, 15) is 13.2 Å². The van der Waals surface area contributed by atoms with Gasteiger partial charge in [-0.05, 0) is 49.6 Å². The molecule has 0 aliphatic carbocycles. The molecule has 5 nitrogen and oxygen atoms in total. The second-order valence-electron chi connectivity index (χ2n) is 6.17. The van der Waals surface area contributed by atoms with Crippen LogP contribution >= 0.6 is 0 Å². The molecule has 26 heavy (non-hydrogen) atoms. The molecule has 2 aromatic rings. The van der Waals surface area contributed by atoms with Gasteiger partial charge in [-0.25, -0.2) is 8.42 Å². The summed E-state index contributed by atoms with van der Waals surface area (Å²) in [5.41, 5.74) is 1.87. The van der Waals surface area contributed by atoms with E-state index < -0.39 is 9.84 Å². The molecule has 0 aromatic heterocycles. The minimum absolute atomic E-state index is 0.0593. The normalized spacial score (nSPS) is 12.4. The molecule has 0 aliphatic rings. The van der Waals surface area contributed by atoms with E-state index >= 15 is 0 Å². The Balaban J connectivity index is 1.93. The van der Waals surface area contributed by atoms with E-state index in [-0.39, 0.29) is 16.8 Å². The quantitative estimate of drug-likeness (QED) is 0.768. The number of para-hydroxylation sites is 1. The maximum absolute atomic E-state index is 12.2. The highest BCUT2D eigenvalue weighted by Crippen LogP contribution is 2.20. The Hall–Kier alpha value is -2.34. The van der Waals surface area contributed by atoms with Gasteiger partial charge >= 0.3 is 0 Å². The highest BCUT2D eigenvalue weighted by molar-refractivity contribution is 7.90. The van der Waals surface area contributed by atoms with Crippen LogP contribution < -0.4 is 10.1 Å². The topological polar surface area (TPSA) is 72.5 Å². The summed E-state index contributed by atoms with van der Waals surface area (Å²) in [6, 6.07) is 14.1. The molecule has 2 rings (SSSR count). The van der Waals surface area contributed by atoms with Gasteiger partial charge in [0.25, 0.3) is 0 Å². The number of nitrogens with one attached hydrogen (secondary N) is 1. The smallest absolute Gasteiger partial charge is 0.220 e. The van der Waals surface area contributed by atoms with Crippen molar-refractivity contribution < 1.29 is 17.9 Å². The summed E-state index contributed by atoms with van der Waals surface area (Å²) in [6.07, 6.45) is 2.13. The van der Waals surface area contributed by atoms with Crippen molar-refractivity contribution >= 4 is 15.7 Å². The summed E-state index contributed by atoms with van der Waals surface area (Å²) in [5.74, 6) is 0.753. The number of carbonyl (C=O) groups is 1. The van der Waals surface area contributed by atoms with Gasteiger partial charge in [0.2, 0.25) is 5.91 Å². The van der Waals surface area contributed by atoms with Crippen LogP contribution in [0.1, 0.15) is 37.4 Å². The molecule has 0 bridgehead atoms. The van der Waals surface area contributed by atoms with E-state index in [1.807, 2.05) is 38.1 Å². The van der Waals surface area contributed by atoms with E-state index in [4.69, 9.17) is 4.74 Å². The first-order valence-corrected chi connectivity index (χ1v) is 10.5. The minimum Gasteiger partial charge on any atom is -0.494 e. The van der Waals surface area contributed by atoms with Crippen LogP contribution in [0.25, 0.3) is 0 Å². The number of sulfone groups is 1. The molecule has 0 spiro atoms. The molecular formula is C20H25NO4S. The Kier molecular flexibility index (Phi) is 6.80. The molecule has 0 heterocycles. The van der Waals surface area contributed by atoms with Crippen LogP contribution in [-0.2, 0) is 21.1 Å². The van der Waals surface area contributed by atoms with Crippen LogP contribution in [0.15, 0.2) is 53.4 Å². The zero-order chi connectivity index (χ0) is 19.2. The number of aryl methyl sites for hydroxylation is 1. The van der Waals surface area contributed by atoms with Gasteiger partial charge in [-0.3, -0.25) is 4.79 Å². The number of hydrogen-bond acceptors (Lipinski definition) is 4. The number of hydrogen-bond donors (Lipinski definition) is 1. The van der Waals surface area contributed by atoms with E-state index in [1.54, 1.807) is 24.3 Å². The summed E-state index contributed by atoms with van der Waals surface area (Å²) in [6.45, 7) is 4.39. The summed E-state index contributed by atoms with van der Waals surface area (Å²) in [4.78, 5) is 12.5. The standard InChI is InChI=1S/C20H25NO4S/c1-4-25-19-8-6-5-7-17(19)11-14-20(22)21-15(2)16-9-12-18(13-10-16)26(3,23)24/h5-10,12-13,15H,4,11,14H2,1-3H3,(H,21,22). The number of rotatable bonds is 8. The molecule has 0 fully saturated rings. The van der Waals surface area contributed by atoms with Gasteiger partial charge < -0.3 is 10.1 Å². The second-order valence-corrected chi connectivity index (χ2v) is 8.19. The number of ether oxygens (including phenoxy) is 1. The molecule has 0 radical (unpaired) electrons. The van der Waals surface area contributed by atoms with E-state index in [1.165, 1.54) is 6.26 Å².